The molecule has 0 bridgehead atoms. The van der Waals surface area contributed by atoms with Crippen LogP contribution in [0.3, 0.4) is 0 Å². The highest BCUT2D eigenvalue weighted by molar-refractivity contribution is 7.20. The molecular formula is C42H47F2N3O13S. The predicted octanol–water partition coefficient (Wildman–Crippen LogP) is 4.60. The quantitative estimate of drug-likeness (QED) is 0.0962. The van der Waals surface area contributed by atoms with Crippen LogP contribution in [0.4, 0.5) is 8.78 Å². The van der Waals surface area contributed by atoms with Gasteiger partial charge in [-0.05, 0) is 45.4 Å². The van der Waals surface area contributed by atoms with E-state index < -0.39 is 71.6 Å². The van der Waals surface area contributed by atoms with E-state index in [1.807, 2.05) is 0 Å². The molecule has 2 aliphatic rings. The van der Waals surface area contributed by atoms with Crippen molar-refractivity contribution in [1.29, 1.82) is 0 Å². The van der Waals surface area contributed by atoms with Crippen molar-refractivity contribution in [2.75, 3.05) is 33.9 Å². The Balaban J connectivity index is 1.14. The molecule has 19 heteroatoms. The lowest BCUT2D eigenvalue weighted by Gasteiger charge is -2.19. The molecule has 4 amide bonds. The monoisotopic (exact) mass is 871 g/mol. The fraction of sp³-hybridized carbons (Fsp3) is 0.452. The standard InChI is InChI=1S/C42H47F2N3O13S/c1-22(18-45-32(50)21-47-34(52)8-9-35(47)53)59-36(54)12-10-33(51)46-19-23-15-28(56-5)38(39(43)25(23)20-46)27(49)13-14-58-41-29(57-6)17-30-24(40(41)44)16-31(61-30)26(48)7-11-37(55)60-42(2,3)4/h8-9,15-17,22,27,49H,7,10-14,18-21H2,1-6H3,(H,45,50)/t22-,27?/m0/s1. The molecule has 0 fully saturated rings. The first kappa shape index (κ1) is 46.1. The number of methoxy groups -OCH3 is 2. The summed E-state index contributed by atoms with van der Waals surface area (Å²) < 4.78 is 59.4. The maximum Gasteiger partial charge on any atom is 0.306 e. The van der Waals surface area contributed by atoms with Gasteiger partial charge in [-0.25, -0.2) is 8.78 Å². The van der Waals surface area contributed by atoms with E-state index in [0.29, 0.717) is 10.3 Å². The van der Waals surface area contributed by atoms with Crippen LogP contribution in [-0.2, 0) is 51.3 Å². The summed E-state index contributed by atoms with van der Waals surface area (Å²) in [5, 5.41) is 13.7. The summed E-state index contributed by atoms with van der Waals surface area (Å²) in [6.45, 7) is 5.64. The third-order valence-electron chi connectivity index (χ3n) is 9.53. The zero-order valence-electron chi connectivity index (χ0n) is 34.5. The van der Waals surface area contributed by atoms with Crippen molar-refractivity contribution in [3.05, 3.63) is 63.6 Å². The molecule has 2 aliphatic heterocycles. The van der Waals surface area contributed by atoms with Gasteiger partial charge in [0.1, 0.15) is 29.8 Å². The molecule has 0 spiro atoms. The Hall–Kier alpha value is -5.95. The number of Topliss-reactive ketones (excluding diaryl/α,β-unsaturated/α-hetero) is 1. The first-order chi connectivity index (χ1) is 28.8. The van der Waals surface area contributed by atoms with E-state index in [1.165, 1.54) is 44.2 Å². The lowest BCUT2D eigenvalue weighted by atomic mass is 9.98. The third-order valence-corrected chi connectivity index (χ3v) is 10.7. The van der Waals surface area contributed by atoms with Gasteiger partial charge in [0, 0.05) is 66.2 Å². The fourth-order valence-electron chi connectivity index (χ4n) is 6.56. The van der Waals surface area contributed by atoms with E-state index in [9.17, 15) is 38.7 Å². The third kappa shape index (κ3) is 11.5. The van der Waals surface area contributed by atoms with Crippen molar-refractivity contribution in [3.8, 4) is 17.2 Å². The van der Waals surface area contributed by atoms with E-state index in [1.54, 1.807) is 20.8 Å². The molecular weight excluding hydrogens is 825 g/mol. The smallest absolute Gasteiger partial charge is 0.306 e. The second-order valence-corrected chi connectivity index (χ2v) is 16.4. The van der Waals surface area contributed by atoms with Crippen molar-refractivity contribution in [2.24, 2.45) is 0 Å². The number of hydrogen-bond acceptors (Lipinski definition) is 14. The minimum absolute atomic E-state index is 0.0111. The summed E-state index contributed by atoms with van der Waals surface area (Å²) in [5.74, 6) is -5.78. The zero-order chi connectivity index (χ0) is 44.8. The molecule has 3 heterocycles. The molecule has 2 atom stereocenters. The highest BCUT2D eigenvalue weighted by Crippen LogP contribution is 2.42. The number of halogens is 2. The summed E-state index contributed by atoms with van der Waals surface area (Å²) in [5.41, 5.74) is -0.298. The topological polar surface area (TPSA) is 204 Å². The van der Waals surface area contributed by atoms with Gasteiger partial charge in [0.15, 0.2) is 23.1 Å². The van der Waals surface area contributed by atoms with Crippen LogP contribution in [0.25, 0.3) is 10.1 Å². The summed E-state index contributed by atoms with van der Waals surface area (Å²) >= 11 is 1.03. The molecule has 5 rings (SSSR count). The number of carbonyl (C=O) groups is 7. The van der Waals surface area contributed by atoms with Crippen LogP contribution in [0.15, 0.2) is 30.4 Å². The Morgan fingerprint density at radius 1 is 0.902 bits per heavy atom. The predicted molar refractivity (Wildman–Crippen MR) is 214 cm³/mol. The number of thiophene rings is 1. The molecule has 3 aromatic rings. The van der Waals surface area contributed by atoms with Crippen LogP contribution in [0.5, 0.6) is 17.2 Å². The Bertz CT molecular complexity index is 2250. The molecule has 2 N–H and O–H groups in total. The second kappa shape index (κ2) is 19.6. The van der Waals surface area contributed by atoms with Crippen LogP contribution in [0.1, 0.15) is 92.3 Å². The molecule has 1 aromatic heterocycles. The Morgan fingerprint density at radius 2 is 1.57 bits per heavy atom. The lowest BCUT2D eigenvalue weighted by molar-refractivity contribution is -0.154. The van der Waals surface area contributed by atoms with Gasteiger partial charge in [-0.2, -0.15) is 0 Å². The number of aliphatic hydroxyl groups excluding tert-OH is 1. The number of imide groups is 1. The number of rotatable bonds is 19. The number of ether oxygens (including phenoxy) is 5. The number of hydrogen-bond donors (Lipinski definition) is 2. The average Bonchev–Trinajstić information content (AvgIpc) is 3.92. The number of nitrogens with zero attached hydrogens (tertiary/aromatic N) is 2. The largest absolute Gasteiger partial charge is 0.496 e. The molecule has 61 heavy (non-hydrogen) atoms. The number of amides is 4. The first-order valence-corrected chi connectivity index (χ1v) is 20.1. The molecule has 0 saturated carbocycles. The Labute approximate surface area is 353 Å². The molecule has 328 valence electrons. The zero-order valence-corrected chi connectivity index (χ0v) is 35.3. The minimum atomic E-state index is -1.48. The van der Waals surface area contributed by atoms with E-state index in [-0.39, 0.29) is 103 Å². The van der Waals surface area contributed by atoms with Crippen LogP contribution in [0, 0.1) is 11.6 Å². The first-order valence-electron chi connectivity index (χ1n) is 19.3. The van der Waals surface area contributed by atoms with Crippen LogP contribution < -0.4 is 19.5 Å². The normalized spacial score (nSPS) is 14.5. The van der Waals surface area contributed by atoms with Crippen LogP contribution in [-0.4, -0.2) is 102 Å². The Kier molecular flexibility index (Phi) is 14.8. The van der Waals surface area contributed by atoms with Gasteiger partial charge >= 0.3 is 11.9 Å². The summed E-state index contributed by atoms with van der Waals surface area (Å²) in [7, 11) is 2.61. The van der Waals surface area contributed by atoms with E-state index in [0.717, 1.165) is 28.4 Å². The lowest BCUT2D eigenvalue weighted by Crippen LogP contribution is -2.42. The molecule has 2 aromatic carbocycles. The fourth-order valence-corrected chi connectivity index (χ4v) is 7.62. The van der Waals surface area contributed by atoms with Crippen molar-refractivity contribution < 1.29 is 71.1 Å². The highest BCUT2D eigenvalue weighted by Gasteiger charge is 2.32. The van der Waals surface area contributed by atoms with Gasteiger partial charge in [-0.1, -0.05) is 0 Å². The van der Waals surface area contributed by atoms with Gasteiger partial charge in [0.25, 0.3) is 11.8 Å². The van der Waals surface area contributed by atoms with Crippen molar-refractivity contribution in [3.63, 3.8) is 0 Å². The number of benzene rings is 2. The molecule has 16 nitrogen and oxygen atoms in total. The highest BCUT2D eigenvalue weighted by atomic mass is 32.1. The number of nitrogens with one attached hydrogen (secondary N) is 1. The van der Waals surface area contributed by atoms with E-state index in [2.05, 4.69) is 5.32 Å². The summed E-state index contributed by atoms with van der Waals surface area (Å²) in [6.07, 6.45) is -1.21. The van der Waals surface area contributed by atoms with Crippen LogP contribution in [0.2, 0.25) is 0 Å². The summed E-state index contributed by atoms with van der Waals surface area (Å²) in [6, 6.07) is 4.39. The van der Waals surface area contributed by atoms with Gasteiger partial charge in [-0.15, -0.1) is 11.3 Å². The Morgan fingerprint density at radius 3 is 2.23 bits per heavy atom. The molecule has 0 radical (unpaired) electrons. The summed E-state index contributed by atoms with van der Waals surface area (Å²) in [4.78, 5) is 88.3. The SMILES string of the molecule is COc1cc2sc(C(=O)CCC(=O)OC(C)(C)C)cc2c(F)c1OCCC(O)c1c(OC)cc2c(c1F)CN(C(=O)CCC(=O)O[C@@H](C)CNC(=O)CN1C(=O)C=CC1=O)C2. The molecule has 0 saturated heterocycles. The van der Waals surface area contributed by atoms with Crippen molar-refractivity contribution >= 4 is 62.8 Å². The maximum atomic E-state index is 16.1. The molecule has 1 unspecified atom stereocenters. The second-order valence-electron chi connectivity index (χ2n) is 15.3. The number of aliphatic hydroxyl groups is 1. The number of ketones is 1. The van der Waals surface area contributed by atoms with Crippen molar-refractivity contribution in [1.82, 2.24) is 15.1 Å². The molecule has 0 aliphatic carbocycles. The maximum absolute atomic E-state index is 16.1. The van der Waals surface area contributed by atoms with Gasteiger partial charge < -0.3 is 39.0 Å². The van der Waals surface area contributed by atoms with Gasteiger partial charge in [-0.3, -0.25) is 38.5 Å². The number of carbonyl (C=O) groups excluding carboxylic acids is 7. The van der Waals surface area contributed by atoms with Gasteiger partial charge in [0.05, 0.1) is 56.8 Å². The number of esters is 2. The minimum Gasteiger partial charge on any atom is -0.496 e. The van der Waals surface area contributed by atoms with E-state index >= 15 is 8.78 Å². The average molecular weight is 872 g/mol. The van der Waals surface area contributed by atoms with Gasteiger partial charge in [0.2, 0.25) is 11.8 Å². The van der Waals surface area contributed by atoms with Crippen molar-refractivity contribution in [2.45, 2.75) is 90.7 Å². The van der Waals surface area contributed by atoms with Crippen LogP contribution >= 0.6 is 11.3 Å². The number of fused-ring (bicyclic) bond motifs is 2. The van der Waals surface area contributed by atoms with E-state index in [4.69, 9.17) is 23.7 Å².